The van der Waals surface area contributed by atoms with E-state index >= 15 is 0 Å². The molecule has 0 amide bonds. The van der Waals surface area contributed by atoms with Gasteiger partial charge in [-0.1, -0.05) is 11.6 Å². The third-order valence-corrected chi connectivity index (χ3v) is 2.17. The Morgan fingerprint density at radius 1 is 1.58 bits per heavy atom. The van der Waals surface area contributed by atoms with Crippen LogP contribution in [0.15, 0.2) is 6.07 Å². The SMILES string of the molecule is Nc1cc(Cl)c2c(c1F)CCO2. The average molecular weight is 188 g/mol. The standard InChI is InChI=1S/C8H7ClFNO/c9-5-3-6(11)7(10)4-1-2-12-8(4)5/h3H,1-2,11H2. The van der Waals surface area contributed by atoms with E-state index in [1.165, 1.54) is 6.07 Å². The number of benzene rings is 1. The molecule has 0 saturated carbocycles. The fraction of sp³-hybridized carbons (Fsp3) is 0.250. The van der Waals surface area contributed by atoms with Crippen LogP contribution < -0.4 is 10.5 Å². The van der Waals surface area contributed by atoms with Gasteiger partial charge in [-0.15, -0.1) is 0 Å². The second-order valence-electron chi connectivity index (χ2n) is 2.67. The van der Waals surface area contributed by atoms with E-state index in [0.717, 1.165) is 0 Å². The Labute approximate surface area is 74.1 Å². The molecule has 0 unspecified atom stereocenters. The number of nitrogens with two attached hydrogens (primary N) is 1. The van der Waals surface area contributed by atoms with Crippen molar-refractivity contribution in [1.29, 1.82) is 0 Å². The van der Waals surface area contributed by atoms with Gasteiger partial charge >= 0.3 is 0 Å². The Balaban J connectivity index is 2.69. The number of hydrogen-bond donors (Lipinski definition) is 1. The van der Waals surface area contributed by atoms with Crippen LogP contribution in [-0.4, -0.2) is 6.61 Å². The minimum Gasteiger partial charge on any atom is -0.491 e. The van der Waals surface area contributed by atoms with Gasteiger partial charge < -0.3 is 10.5 Å². The normalized spacial score (nSPS) is 14.2. The Morgan fingerprint density at radius 3 is 3.08 bits per heavy atom. The predicted octanol–water partition coefficient (Wildman–Crippen LogP) is 2.00. The zero-order chi connectivity index (χ0) is 8.72. The van der Waals surface area contributed by atoms with Crippen molar-refractivity contribution in [1.82, 2.24) is 0 Å². The van der Waals surface area contributed by atoms with Crippen molar-refractivity contribution in [2.24, 2.45) is 0 Å². The minimum atomic E-state index is -0.396. The molecule has 1 aromatic carbocycles. The highest BCUT2D eigenvalue weighted by atomic mass is 35.5. The van der Waals surface area contributed by atoms with E-state index < -0.39 is 5.82 Å². The predicted molar refractivity (Wildman–Crippen MR) is 45.0 cm³/mol. The van der Waals surface area contributed by atoms with Crippen molar-refractivity contribution in [3.8, 4) is 5.75 Å². The first kappa shape index (κ1) is 7.68. The maximum absolute atomic E-state index is 13.2. The van der Waals surface area contributed by atoms with Crippen molar-refractivity contribution >= 4 is 17.3 Å². The van der Waals surface area contributed by atoms with Gasteiger partial charge in [0.1, 0.15) is 5.75 Å². The molecule has 1 aliphatic rings. The van der Waals surface area contributed by atoms with Crippen molar-refractivity contribution in [2.75, 3.05) is 12.3 Å². The van der Waals surface area contributed by atoms with Gasteiger partial charge in [-0.2, -0.15) is 0 Å². The molecule has 1 aromatic rings. The van der Waals surface area contributed by atoms with E-state index in [2.05, 4.69) is 0 Å². The molecule has 0 radical (unpaired) electrons. The topological polar surface area (TPSA) is 35.2 Å². The van der Waals surface area contributed by atoms with Crippen LogP contribution in [0.25, 0.3) is 0 Å². The Kier molecular flexibility index (Phi) is 1.61. The lowest BCUT2D eigenvalue weighted by Crippen LogP contribution is -1.94. The van der Waals surface area contributed by atoms with E-state index in [-0.39, 0.29) is 5.69 Å². The molecule has 0 saturated heterocycles. The largest absolute Gasteiger partial charge is 0.491 e. The Hall–Kier alpha value is -0.960. The lowest BCUT2D eigenvalue weighted by atomic mass is 10.1. The number of anilines is 1. The first-order valence-electron chi connectivity index (χ1n) is 3.59. The van der Waals surface area contributed by atoms with Gasteiger partial charge in [-0.25, -0.2) is 4.39 Å². The van der Waals surface area contributed by atoms with Crippen molar-refractivity contribution in [3.05, 3.63) is 22.5 Å². The molecule has 0 atom stereocenters. The average Bonchev–Trinajstić information content (AvgIpc) is 2.48. The lowest BCUT2D eigenvalue weighted by molar-refractivity contribution is 0.357. The van der Waals surface area contributed by atoms with E-state index in [1.54, 1.807) is 0 Å². The molecule has 0 aromatic heterocycles. The van der Waals surface area contributed by atoms with Gasteiger partial charge in [0.25, 0.3) is 0 Å². The molecular weight excluding hydrogens is 181 g/mol. The fourth-order valence-electron chi connectivity index (χ4n) is 1.32. The number of fused-ring (bicyclic) bond motifs is 1. The first-order valence-corrected chi connectivity index (χ1v) is 3.97. The van der Waals surface area contributed by atoms with Crippen LogP contribution in [0.4, 0.5) is 10.1 Å². The highest BCUT2D eigenvalue weighted by Gasteiger charge is 2.21. The Bertz CT molecular complexity index is 340. The van der Waals surface area contributed by atoms with Gasteiger partial charge in [0, 0.05) is 12.0 Å². The molecule has 1 heterocycles. The highest BCUT2D eigenvalue weighted by molar-refractivity contribution is 6.32. The molecule has 0 spiro atoms. The summed E-state index contributed by atoms with van der Waals surface area (Å²) in [6.45, 7) is 0.482. The lowest BCUT2D eigenvalue weighted by Gasteiger charge is -2.04. The Morgan fingerprint density at radius 2 is 2.33 bits per heavy atom. The van der Waals surface area contributed by atoms with Gasteiger partial charge in [0.15, 0.2) is 5.82 Å². The van der Waals surface area contributed by atoms with Crippen LogP contribution in [0.3, 0.4) is 0 Å². The minimum absolute atomic E-state index is 0.0873. The third kappa shape index (κ3) is 0.932. The monoisotopic (exact) mass is 187 g/mol. The summed E-state index contributed by atoms with van der Waals surface area (Å²) in [5.74, 6) is 0.0512. The summed E-state index contributed by atoms with van der Waals surface area (Å²) in [6.07, 6.45) is 0.548. The first-order chi connectivity index (χ1) is 5.70. The number of nitrogen functional groups attached to an aromatic ring is 1. The summed E-state index contributed by atoms with van der Waals surface area (Å²) in [5, 5.41) is 0.390. The molecule has 0 bridgehead atoms. The molecule has 12 heavy (non-hydrogen) atoms. The van der Waals surface area contributed by atoms with Crippen molar-refractivity contribution in [2.45, 2.75) is 6.42 Å². The second kappa shape index (κ2) is 2.52. The van der Waals surface area contributed by atoms with E-state index in [1.807, 2.05) is 0 Å². The molecule has 2 nitrogen and oxygen atoms in total. The van der Waals surface area contributed by atoms with E-state index in [0.29, 0.717) is 29.4 Å². The number of halogens is 2. The second-order valence-corrected chi connectivity index (χ2v) is 3.07. The smallest absolute Gasteiger partial charge is 0.153 e. The van der Waals surface area contributed by atoms with Gasteiger partial charge in [-0.05, 0) is 6.07 Å². The summed E-state index contributed by atoms with van der Waals surface area (Å²) >= 11 is 5.78. The van der Waals surface area contributed by atoms with E-state index in [9.17, 15) is 4.39 Å². The van der Waals surface area contributed by atoms with Crippen molar-refractivity contribution < 1.29 is 9.13 Å². The van der Waals surface area contributed by atoms with Crippen LogP contribution in [0.5, 0.6) is 5.75 Å². The summed E-state index contributed by atoms with van der Waals surface area (Å²) in [4.78, 5) is 0. The molecule has 0 fully saturated rings. The third-order valence-electron chi connectivity index (χ3n) is 1.89. The summed E-state index contributed by atoms with van der Waals surface area (Å²) in [5.41, 5.74) is 5.97. The van der Waals surface area contributed by atoms with Crippen LogP contribution in [0, 0.1) is 5.82 Å². The van der Waals surface area contributed by atoms with Gasteiger partial charge in [0.2, 0.25) is 0 Å². The molecule has 2 rings (SSSR count). The number of rotatable bonds is 0. The van der Waals surface area contributed by atoms with Gasteiger partial charge in [-0.3, -0.25) is 0 Å². The quantitative estimate of drug-likeness (QED) is 0.631. The number of ether oxygens (including phenoxy) is 1. The van der Waals surface area contributed by atoms with Crippen LogP contribution in [0.1, 0.15) is 5.56 Å². The maximum Gasteiger partial charge on any atom is 0.153 e. The van der Waals surface area contributed by atoms with Crippen LogP contribution in [-0.2, 0) is 6.42 Å². The molecule has 0 aliphatic carbocycles. The van der Waals surface area contributed by atoms with Gasteiger partial charge in [0.05, 0.1) is 17.3 Å². The molecular formula is C8H7ClFNO. The number of hydrogen-bond acceptors (Lipinski definition) is 2. The maximum atomic E-state index is 13.2. The summed E-state index contributed by atoms with van der Waals surface area (Å²) < 4.78 is 18.4. The molecule has 2 N–H and O–H groups in total. The zero-order valence-electron chi connectivity index (χ0n) is 6.23. The van der Waals surface area contributed by atoms with Crippen molar-refractivity contribution in [3.63, 3.8) is 0 Å². The molecule has 1 aliphatic heterocycles. The summed E-state index contributed by atoms with van der Waals surface area (Å²) in [7, 11) is 0. The van der Waals surface area contributed by atoms with Crippen LogP contribution in [0.2, 0.25) is 5.02 Å². The van der Waals surface area contributed by atoms with Crippen LogP contribution >= 0.6 is 11.6 Å². The highest BCUT2D eigenvalue weighted by Crippen LogP contribution is 2.37. The molecule has 64 valence electrons. The summed E-state index contributed by atoms with van der Waals surface area (Å²) in [6, 6.07) is 1.38. The molecule has 4 heteroatoms. The zero-order valence-corrected chi connectivity index (χ0v) is 6.99. The fourth-order valence-corrected chi connectivity index (χ4v) is 1.60. The van der Waals surface area contributed by atoms with E-state index in [4.69, 9.17) is 22.1 Å².